The zero-order chi connectivity index (χ0) is 22.4. The van der Waals surface area contributed by atoms with Crippen molar-refractivity contribution in [3.8, 4) is 11.5 Å². The lowest BCUT2D eigenvalue weighted by Crippen LogP contribution is -2.18. The minimum absolute atomic E-state index is 0.0662. The molecule has 3 aromatic rings. The molecule has 3 rings (SSSR count). The van der Waals surface area contributed by atoms with Gasteiger partial charge in [0.25, 0.3) is 5.91 Å². The Hall–Kier alpha value is -3.65. The van der Waals surface area contributed by atoms with Gasteiger partial charge in [-0.3, -0.25) is 4.79 Å². The van der Waals surface area contributed by atoms with E-state index in [0.29, 0.717) is 16.9 Å². The van der Waals surface area contributed by atoms with Crippen molar-refractivity contribution >= 4 is 22.2 Å². The van der Waals surface area contributed by atoms with Crippen LogP contribution in [0.3, 0.4) is 0 Å². The van der Waals surface area contributed by atoms with Gasteiger partial charge in [-0.1, -0.05) is 35.9 Å². The first kappa shape index (κ1) is 22.0. The van der Waals surface area contributed by atoms with Gasteiger partial charge < -0.3 is 8.92 Å². The molecule has 31 heavy (non-hydrogen) atoms. The molecular formula is C23H22N2O5S. The molecule has 0 aliphatic heterocycles. The van der Waals surface area contributed by atoms with Crippen molar-refractivity contribution < 1.29 is 22.1 Å². The van der Waals surface area contributed by atoms with Crippen LogP contribution in [0.1, 0.15) is 27.0 Å². The van der Waals surface area contributed by atoms with Gasteiger partial charge in [-0.25, -0.2) is 5.43 Å². The van der Waals surface area contributed by atoms with Crippen LogP contribution in [0.25, 0.3) is 0 Å². The van der Waals surface area contributed by atoms with Crippen molar-refractivity contribution in [3.05, 3.63) is 89.0 Å². The van der Waals surface area contributed by atoms with Crippen LogP contribution in [-0.2, 0) is 10.1 Å². The number of methoxy groups -OCH3 is 1. The van der Waals surface area contributed by atoms with E-state index in [1.807, 2.05) is 13.8 Å². The zero-order valence-corrected chi connectivity index (χ0v) is 18.1. The lowest BCUT2D eigenvalue weighted by atomic mass is 10.1. The van der Waals surface area contributed by atoms with Crippen LogP contribution in [0.5, 0.6) is 11.5 Å². The number of carbonyl (C=O) groups excluding carboxylic acids is 1. The number of hydrogen-bond donors (Lipinski definition) is 1. The Balaban J connectivity index is 1.70. The highest BCUT2D eigenvalue weighted by Crippen LogP contribution is 2.21. The lowest BCUT2D eigenvalue weighted by Gasteiger charge is -2.08. The molecule has 0 saturated carbocycles. The van der Waals surface area contributed by atoms with Crippen LogP contribution in [-0.4, -0.2) is 27.6 Å². The van der Waals surface area contributed by atoms with E-state index in [2.05, 4.69) is 10.5 Å². The van der Waals surface area contributed by atoms with E-state index >= 15 is 0 Å². The van der Waals surface area contributed by atoms with Crippen molar-refractivity contribution in [3.63, 3.8) is 0 Å². The maximum atomic E-state index is 12.4. The molecule has 0 unspecified atom stereocenters. The second kappa shape index (κ2) is 9.44. The third kappa shape index (κ3) is 5.70. The molecule has 160 valence electrons. The van der Waals surface area contributed by atoms with E-state index in [9.17, 15) is 13.2 Å². The fourth-order valence-electron chi connectivity index (χ4n) is 2.74. The summed E-state index contributed by atoms with van der Waals surface area (Å²) < 4.78 is 35.3. The average Bonchev–Trinajstić information content (AvgIpc) is 2.73. The molecule has 0 fully saturated rings. The van der Waals surface area contributed by atoms with E-state index < -0.39 is 16.0 Å². The number of nitrogens with one attached hydrogen (secondary N) is 1. The number of carbonyl (C=O) groups is 1. The summed E-state index contributed by atoms with van der Waals surface area (Å²) >= 11 is 0. The third-order valence-electron chi connectivity index (χ3n) is 4.36. The number of ether oxygens (including phenoxy) is 1. The molecule has 7 nitrogen and oxygen atoms in total. The van der Waals surface area contributed by atoms with E-state index in [1.54, 1.807) is 42.5 Å². The fraction of sp³-hybridized carbons (Fsp3) is 0.130. The first-order valence-corrected chi connectivity index (χ1v) is 10.8. The lowest BCUT2D eigenvalue weighted by molar-refractivity contribution is 0.0952. The smallest absolute Gasteiger partial charge is 0.339 e. The van der Waals surface area contributed by atoms with E-state index in [1.165, 1.54) is 37.6 Å². The van der Waals surface area contributed by atoms with Gasteiger partial charge in [-0.15, -0.1) is 0 Å². The van der Waals surface area contributed by atoms with Crippen molar-refractivity contribution in [2.24, 2.45) is 5.10 Å². The molecule has 8 heteroatoms. The van der Waals surface area contributed by atoms with Gasteiger partial charge >= 0.3 is 10.1 Å². The SMILES string of the molecule is COc1cc(C)ccc1C(=O)N/N=C\c1cccc(OS(=O)(=O)c2ccc(C)cc2)c1. The highest BCUT2D eigenvalue weighted by atomic mass is 32.2. The van der Waals surface area contributed by atoms with Crippen molar-refractivity contribution in [2.45, 2.75) is 18.7 Å². The van der Waals surface area contributed by atoms with Gasteiger partial charge in [0.05, 0.1) is 18.9 Å². The van der Waals surface area contributed by atoms with Crippen LogP contribution < -0.4 is 14.3 Å². The normalized spacial score (nSPS) is 11.3. The Kier molecular flexibility index (Phi) is 6.71. The Labute approximate surface area is 181 Å². The zero-order valence-electron chi connectivity index (χ0n) is 17.3. The molecule has 0 radical (unpaired) electrons. The Morgan fingerprint density at radius 1 is 0.968 bits per heavy atom. The standard InChI is InChI=1S/C23H22N2O5S/c1-16-7-10-20(11-8-16)31(27,28)30-19-6-4-5-18(14-19)15-24-25-23(26)21-12-9-17(2)13-22(21)29-3/h4-15H,1-3H3,(H,25,26)/b24-15-. The summed E-state index contributed by atoms with van der Waals surface area (Å²) in [4.78, 5) is 12.4. The maximum Gasteiger partial charge on any atom is 0.339 e. The van der Waals surface area contributed by atoms with E-state index in [-0.39, 0.29) is 10.6 Å². The molecule has 3 aromatic carbocycles. The highest BCUT2D eigenvalue weighted by molar-refractivity contribution is 7.87. The second-order valence-corrected chi connectivity index (χ2v) is 8.37. The molecule has 1 amide bonds. The monoisotopic (exact) mass is 438 g/mol. The summed E-state index contributed by atoms with van der Waals surface area (Å²) in [6.07, 6.45) is 1.39. The molecule has 0 spiro atoms. The molecule has 0 aliphatic carbocycles. The minimum Gasteiger partial charge on any atom is -0.496 e. The van der Waals surface area contributed by atoms with Gasteiger partial charge in [-0.05, 0) is 61.4 Å². The Bertz CT molecular complexity index is 1220. The van der Waals surface area contributed by atoms with E-state index in [0.717, 1.165) is 11.1 Å². The molecule has 0 aliphatic rings. The maximum absolute atomic E-state index is 12.4. The van der Waals surface area contributed by atoms with Gasteiger partial charge in [0, 0.05) is 0 Å². The van der Waals surface area contributed by atoms with Gasteiger partial charge in [0.1, 0.15) is 16.4 Å². The number of nitrogens with zero attached hydrogens (tertiary/aromatic N) is 1. The summed E-state index contributed by atoms with van der Waals surface area (Å²) in [6, 6.07) is 18.0. The highest BCUT2D eigenvalue weighted by Gasteiger charge is 2.16. The van der Waals surface area contributed by atoms with E-state index in [4.69, 9.17) is 8.92 Å². The van der Waals surface area contributed by atoms with Crippen molar-refractivity contribution in [1.82, 2.24) is 5.43 Å². The third-order valence-corrected chi connectivity index (χ3v) is 5.62. The average molecular weight is 439 g/mol. The topological polar surface area (TPSA) is 94.1 Å². The Morgan fingerprint density at radius 3 is 2.39 bits per heavy atom. The van der Waals surface area contributed by atoms with Gasteiger partial charge in [0.2, 0.25) is 0 Å². The van der Waals surface area contributed by atoms with Crippen LogP contribution in [0.4, 0.5) is 0 Å². The van der Waals surface area contributed by atoms with Crippen molar-refractivity contribution in [1.29, 1.82) is 0 Å². The van der Waals surface area contributed by atoms with Crippen LogP contribution >= 0.6 is 0 Å². The molecule has 0 saturated heterocycles. The quantitative estimate of drug-likeness (QED) is 0.344. The molecular weight excluding hydrogens is 416 g/mol. The van der Waals surface area contributed by atoms with Crippen LogP contribution in [0.2, 0.25) is 0 Å². The predicted molar refractivity (Wildman–Crippen MR) is 118 cm³/mol. The Morgan fingerprint density at radius 2 is 1.68 bits per heavy atom. The molecule has 0 heterocycles. The molecule has 0 atom stereocenters. The number of aryl methyl sites for hydroxylation is 2. The fourth-order valence-corrected chi connectivity index (χ4v) is 3.66. The van der Waals surface area contributed by atoms with Gasteiger partial charge in [-0.2, -0.15) is 13.5 Å². The number of amides is 1. The van der Waals surface area contributed by atoms with Crippen molar-refractivity contribution in [2.75, 3.05) is 7.11 Å². The molecule has 0 aromatic heterocycles. The number of rotatable bonds is 7. The van der Waals surface area contributed by atoms with Crippen LogP contribution in [0.15, 0.2) is 76.7 Å². The molecule has 1 N–H and O–H groups in total. The number of benzene rings is 3. The number of hydrazone groups is 1. The summed E-state index contributed by atoms with van der Waals surface area (Å²) in [6.45, 7) is 3.77. The summed E-state index contributed by atoms with van der Waals surface area (Å²) in [5.74, 6) is 0.155. The summed E-state index contributed by atoms with van der Waals surface area (Å²) in [5, 5.41) is 3.94. The second-order valence-electron chi connectivity index (χ2n) is 6.83. The first-order chi connectivity index (χ1) is 14.8. The minimum atomic E-state index is -3.96. The summed E-state index contributed by atoms with van der Waals surface area (Å²) in [7, 11) is -2.47. The molecule has 0 bridgehead atoms. The van der Waals surface area contributed by atoms with Gasteiger partial charge in [0.15, 0.2) is 0 Å². The number of hydrogen-bond acceptors (Lipinski definition) is 6. The van der Waals surface area contributed by atoms with Crippen LogP contribution in [0, 0.1) is 13.8 Å². The first-order valence-electron chi connectivity index (χ1n) is 9.38. The summed E-state index contributed by atoms with van der Waals surface area (Å²) in [5.41, 5.74) is 5.25. The largest absolute Gasteiger partial charge is 0.496 e. The predicted octanol–water partition coefficient (Wildman–Crippen LogP) is 3.84.